The number of rotatable bonds is 2. The smallest absolute Gasteiger partial charge is 0.359 e. The monoisotopic (exact) mass is 172 g/mol. The zero-order valence-electron chi connectivity index (χ0n) is 6.74. The van der Waals surface area contributed by atoms with Gasteiger partial charge in [-0.2, -0.15) is 0 Å². The van der Waals surface area contributed by atoms with E-state index < -0.39 is 11.7 Å². The number of methoxy groups -OCH3 is 1. The van der Waals surface area contributed by atoms with Gasteiger partial charge in [-0.25, -0.2) is 4.79 Å². The molecule has 0 saturated carbocycles. The van der Waals surface area contributed by atoms with Crippen LogP contribution in [0.4, 0.5) is 0 Å². The van der Waals surface area contributed by atoms with E-state index in [1.807, 2.05) is 0 Å². The molecule has 1 amide bonds. The van der Waals surface area contributed by atoms with Crippen molar-refractivity contribution in [1.29, 1.82) is 0 Å². The molecule has 1 radical (unpaired) electrons. The van der Waals surface area contributed by atoms with Gasteiger partial charge in [-0.3, -0.25) is 9.69 Å². The summed E-state index contributed by atoms with van der Waals surface area (Å²) in [6.07, 6.45) is 2.30. The number of esters is 1. The van der Waals surface area contributed by atoms with Crippen molar-refractivity contribution < 1.29 is 19.4 Å². The lowest BCUT2D eigenvalue weighted by atomic mass is 10.1. The molecule has 1 aliphatic heterocycles. The van der Waals surface area contributed by atoms with Crippen LogP contribution in [0.5, 0.6) is 0 Å². The number of amides is 1. The fourth-order valence-corrected chi connectivity index (χ4v) is 1.30. The first-order valence-corrected chi connectivity index (χ1v) is 3.61. The van der Waals surface area contributed by atoms with Crippen LogP contribution in [0.25, 0.3) is 0 Å². The Balaban J connectivity index is 2.80. The van der Waals surface area contributed by atoms with Gasteiger partial charge in [-0.15, -0.1) is 0 Å². The molecule has 67 valence electrons. The molecule has 1 fully saturated rings. The molecule has 0 bridgehead atoms. The molecule has 5 heteroatoms. The topological polar surface area (TPSA) is 66.8 Å². The van der Waals surface area contributed by atoms with Gasteiger partial charge in [0.2, 0.25) is 5.72 Å². The van der Waals surface area contributed by atoms with Crippen molar-refractivity contribution in [1.82, 2.24) is 4.90 Å². The van der Waals surface area contributed by atoms with Crippen molar-refractivity contribution in [3.63, 3.8) is 0 Å². The second-order valence-corrected chi connectivity index (χ2v) is 2.65. The Morgan fingerprint density at radius 2 is 2.42 bits per heavy atom. The number of ether oxygens (including phenoxy) is 1. The van der Waals surface area contributed by atoms with Gasteiger partial charge in [0.15, 0.2) is 0 Å². The molecule has 12 heavy (non-hydrogen) atoms. The Bertz CT molecular complexity index is 206. The highest BCUT2D eigenvalue weighted by Gasteiger charge is 2.47. The van der Waals surface area contributed by atoms with E-state index in [2.05, 4.69) is 4.74 Å². The quantitative estimate of drug-likeness (QED) is 0.543. The first-order chi connectivity index (χ1) is 5.65. The van der Waals surface area contributed by atoms with E-state index in [0.29, 0.717) is 13.0 Å². The fourth-order valence-electron chi connectivity index (χ4n) is 1.30. The summed E-state index contributed by atoms with van der Waals surface area (Å²) in [7, 11) is 1.17. The minimum absolute atomic E-state index is 0.217. The highest BCUT2D eigenvalue weighted by atomic mass is 16.5. The number of hydrogen-bond acceptors (Lipinski definition) is 4. The van der Waals surface area contributed by atoms with Gasteiger partial charge in [0, 0.05) is 13.0 Å². The van der Waals surface area contributed by atoms with Crippen molar-refractivity contribution in [3.05, 3.63) is 0 Å². The lowest BCUT2D eigenvalue weighted by Gasteiger charge is -2.26. The van der Waals surface area contributed by atoms with Gasteiger partial charge in [-0.05, 0) is 6.42 Å². The molecule has 1 unspecified atom stereocenters. The SMILES string of the molecule is COC(=O)C1(O)CCCN1[C]=O. The second-order valence-electron chi connectivity index (χ2n) is 2.65. The maximum absolute atomic E-state index is 11.0. The Kier molecular flexibility index (Phi) is 2.32. The number of carbonyl (C=O) groups excluding carboxylic acids is 2. The molecule has 1 heterocycles. The van der Waals surface area contributed by atoms with E-state index in [1.165, 1.54) is 13.5 Å². The maximum Gasteiger partial charge on any atom is 0.359 e. The van der Waals surface area contributed by atoms with Crippen molar-refractivity contribution in [2.24, 2.45) is 0 Å². The summed E-state index contributed by atoms with van der Waals surface area (Å²) < 4.78 is 4.36. The van der Waals surface area contributed by atoms with Gasteiger partial charge < -0.3 is 9.84 Å². The number of aliphatic hydroxyl groups is 1. The zero-order chi connectivity index (χ0) is 9.19. The summed E-state index contributed by atoms with van der Waals surface area (Å²) in [6, 6.07) is 0. The van der Waals surface area contributed by atoms with Gasteiger partial charge in [0.1, 0.15) is 0 Å². The number of nitrogens with zero attached hydrogens (tertiary/aromatic N) is 1. The lowest BCUT2D eigenvalue weighted by Crippen LogP contribution is -2.50. The molecule has 0 aromatic rings. The normalized spacial score (nSPS) is 28.7. The first-order valence-electron chi connectivity index (χ1n) is 3.61. The van der Waals surface area contributed by atoms with E-state index in [1.54, 1.807) is 0 Å². The van der Waals surface area contributed by atoms with E-state index in [4.69, 9.17) is 0 Å². The van der Waals surface area contributed by atoms with Crippen LogP contribution in [0, 0.1) is 0 Å². The Morgan fingerprint density at radius 1 is 1.75 bits per heavy atom. The van der Waals surface area contributed by atoms with Gasteiger partial charge >= 0.3 is 12.4 Å². The molecule has 1 saturated heterocycles. The van der Waals surface area contributed by atoms with E-state index in [-0.39, 0.29) is 6.42 Å². The van der Waals surface area contributed by atoms with Crippen LogP contribution in [0.2, 0.25) is 0 Å². The van der Waals surface area contributed by atoms with Crippen LogP contribution in [0.15, 0.2) is 0 Å². The van der Waals surface area contributed by atoms with Crippen LogP contribution in [-0.4, -0.2) is 41.8 Å². The van der Waals surface area contributed by atoms with Crippen molar-refractivity contribution >= 4 is 12.4 Å². The van der Waals surface area contributed by atoms with E-state index in [0.717, 1.165) is 4.90 Å². The molecule has 1 atom stereocenters. The van der Waals surface area contributed by atoms with Crippen LogP contribution < -0.4 is 0 Å². The average molecular weight is 172 g/mol. The Hall–Kier alpha value is -1.10. The molecule has 1 aliphatic rings. The van der Waals surface area contributed by atoms with Crippen LogP contribution in [0.3, 0.4) is 0 Å². The Morgan fingerprint density at radius 3 is 2.92 bits per heavy atom. The minimum atomic E-state index is -1.78. The number of likely N-dealkylation sites (tertiary alicyclic amines) is 1. The van der Waals surface area contributed by atoms with Crippen molar-refractivity contribution in [2.45, 2.75) is 18.6 Å². The predicted octanol–water partition coefficient (Wildman–Crippen LogP) is -0.989. The maximum atomic E-state index is 11.0. The van der Waals surface area contributed by atoms with Crippen molar-refractivity contribution in [3.8, 4) is 0 Å². The molecular formula is C7H10NO4. The third-order valence-electron chi connectivity index (χ3n) is 1.98. The third kappa shape index (κ3) is 1.16. The second kappa shape index (κ2) is 3.10. The standard InChI is InChI=1S/C7H10NO4/c1-12-6(10)7(11)3-2-4-8(7)5-9/h11H,2-4H2,1H3. The summed E-state index contributed by atoms with van der Waals surface area (Å²) in [6.45, 7) is 0.342. The van der Waals surface area contributed by atoms with E-state index >= 15 is 0 Å². The van der Waals surface area contributed by atoms with Crippen LogP contribution >= 0.6 is 0 Å². The number of hydrogen-bond donors (Lipinski definition) is 1. The van der Waals surface area contributed by atoms with Crippen LogP contribution in [0.1, 0.15) is 12.8 Å². The highest BCUT2D eigenvalue weighted by Crippen LogP contribution is 2.25. The molecule has 0 spiro atoms. The molecule has 0 aliphatic carbocycles. The first kappa shape index (κ1) is 8.99. The zero-order valence-corrected chi connectivity index (χ0v) is 6.74. The number of carbonyl (C=O) groups is 1. The largest absolute Gasteiger partial charge is 0.465 e. The Labute approximate surface area is 69.9 Å². The summed E-state index contributed by atoms with van der Waals surface area (Å²) in [5, 5.41) is 9.61. The predicted molar refractivity (Wildman–Crippen MR) is 38.6 cm³/mol. The third-order valence-corrected chi connectivity index (χ3v) is 1.98. The molecule has 1 N–H and O–H groups in total. The molecule has 0 aromatic carbocycles. The van der Waals surface area contributed by atoms with E-state index in [9.17, 15) is 14.7 Å². The average Bonchev–Trinajstić information content (AvgIpc) is 2.46. The van der Waals surface area contributed by atoms with Gasteiger partial charge in [0.05, 0.1) is 7.11 Å². The summed E-state index contributed by atoms with van der Waals surface area (Å²) in [5.41, 5.74) is -1.78. The minimum Gasteiger partial charge on any atom is -0.465 e. The summed E-state index contributed by atoms with van der Waals surface area (Å²) in [5.74, 6) is -0.802. The molecule has 5 nitrogen and oxygen atoms in total. The highest BCUT2D eigenvalue weighted by molar-refractivity contribution is 5.81. The van der Waals surface area contributed by atoms with Crippen LogP contribution in [-0.2, 0) is 14.3 Å². The van der Waals surface area contributed by atoms with Crippen molar-refractivity contribution in [2.75, 3.05) is 13.7 Å². The lowest BCUT2D eigenvalue weighted by molar-refractivity contribution is -0.173. The summed E-state index contributed by atoms with van der Waals surface area (Å²) >= 11 is 0. The van der Waals surface area contributed by atoms with Gasteiger partial charge in [-0.1, -0.05) is 0 Å². The molecule has 1 rings (SSSR count). The van der Waals surface area contributed by atoms with Gasteiger partial charge in [0.25, 0.3) is 0 Å². The summed E-state index contributed by atoms with van der Waals surface area (Å²) in [4.78, 5) is 22.2. The molecule has 0 aromatic heterocycles. The fraction of sp³-hybridized carbons (Fsp3) is 0.714. The molecular weight excluding hydrogens is 162 g/mol.